The first-order chi connectivity index (χ1) is 9.49. The van der Waals surface area contributed by atoms with E-state index < -0.39 is 5.41 Å². The van der Waals surface area contributed by atoms with Crippen molar-refractivity contribution in [2.24, 2.45) is 11.1 Å². The summed E-state index contributed by atoms with van der Waals surface area (Å²) in [6.07, 6.45) is 1.56. The van der Waals surface area contributed by atoms with Crippen LogP contribution in [0.2, 0.25) is 0 Å². The van der Waals surface area contributed by atoms with E-state index in [2.05, 4.69) is 43.4 Å². The molecule has 0 saturated carbocycles. The zero-order chi connectivity index (χ0) is 15.2. The summed E-state index contributed by atoms with van der Waals surface area (Å²) >= 11 is 0. The molecule has 1 aromatic carbocycles. The SMILES string of the molecule is CCC(CC)(CN)C(=O)NCC(C)c1ccc(C)cc1. The molecule has 3 nitrogen and oxygen atoms in total. The highest BCUT2D eigenvalue weighted by molar-refractivity contribution is 5.82. The number of nitrogens with one attached hydrogen (secondary N) is 1. The van der Waals surface area contributed by atoms with Gasteiger partial charge in [0.1, 0.15) is 0 Å². The van der Waals surface area contributed by atoms with Gasteiger partial charge in [0, 0.05) is 13.1 Å². The molecule has 1 atom stereocenters. The zero-order valence-corrected chi connectivity index (χ0v) is 13.2. The van der Waals surface area contributed by atoms with Crippen molar-refractivity contribution in [3.8, 4) is 0 Å². The number of carbonyl (C=O) groups excluding carboxylic acids is 1. The highest BCUT2D eigenvalue weighted by atomic mass is 16.2. The smallest absolute Gasteiger partial charge is 0.227 e. The van der Waals surface area contributed by atoms with Gasteiger partial charge in [-0.3, -0.25) is 4.79 Å². The van der Waals surface area contributed by atoms with E-state index in [1.165, 1.54) is 11.1 Å². The largest absolute Gasteiger partial charge is 0.355 e. The number of amides is 1. The lowest BCUT2D eigenvalue weighted by molar-refractivity contribution is -0.131. The van der Waals surface area contributed by atoms with Crippen LogP contribution < -0.4 is 11.1 Å². The van der Waals surface area contributed by atoms with Gasteiger partial charge in [-0.25, -0.2) is 0 Å². The molecule has 3 N–H and O–H groups in total. The minimum Gasteiger partial charge on any atom is -0.355 e. The van der Waals surface area contributed by atoms with Crippen molar-refractivity contribution in [2.75, 3.05) is 13.1 Å². The summed E-state index contributed by atoms with van der Waals surface area (Å²) in [5.41, 5.74) is 7.90. The maximum Gasteiger partial charge on any atom is 0.227 e. The molecular formula is C17H28N2O. The molecule has 1 aromatic rings. The van der Waals surface area contributed by atoms with Gasteiger partial charge < -0.3 is 11.1 Å². The van der Waals surface area contributed by atoms with Crippen LogP contribution in [0.3, 0.4) is 0 Å². The van der Waals surface area contributed by atoms with E-state index in [4.69, 9.17) is 5.73 Å². The number of aryl methyl sites for hydroxylation is 1. The maximum atomic E-state index is 12.4. The molecule has 0 fully saturated rings. The Balaban J connectivity index is 2.62. The fourth-order valence-corrected chi connectivity index (χ4v) is 2.40. The number of hydrogen-bond donors (Lipinski definition) is 2. The quantitative estimate of drug-likeness (QED) is 0.804. The van der Waals surface area contributed by atoms with Crippen LogP contribution >= 0.6 is 0 Å². The van der Waals surface area contributed by atoms with Crippen LogP contribution in [0.4, 0.5) is 0 Å². The molecule has 0 bridgehead atoms. The molecule has 1 rings (SSSR count). The van der Waals surface area contributed by atoms with Gasteiger partial charge in [-0.1, -0.05) is 50.6 Å². The predicted octanol–water partition coefficient (Wildman–Crippen LogP) is 2.98. The summed E-state index contributed by atoms with van der Waals surface area (Å²) in [5, 5.41) is 3.07. The van der Waals surface area contributed by atoms with Crippen molar-refractivity contribution < 1.29 is 4.79 Å². The van der Waals surface area contributed by atoms with E-state index in [1.54, 1.807) is 0 Å². The second kappa shape index (κ2) is 7.44. The van der Waals surface area contributed by atoms with Gasteiger partial charge in [-0.2, -0.15) is 0 Å². The molecule has 3 heteroatoms. The Morgan fingerprint density at radius 1 is 1.25 bits per heavy atom. The number of carbonyl (C=O) groups is 1. The number of hydrogen-bond acceptors (Lipinski definition) is 2. The predicted molar refractivity (Wildman–Crippen MR) is 84.7 cm³/mol. The molecule has 112 valence electrons. The number of benzene rings is 1. The Labute approximate surface area is 122 Å². The molecule has 1 unspecified atom stereocenters. The van der Waals surface area contributed by atoms with Gasteiger partial charge in [-0.15, -0.1) is 0 Å². The van der Waals surface area contributed by atoms with E-state index in [9.17, 15) is 4.79 Å². The normalized spacial score (nSPS) is 13.1. The first kappa shape index (κ1) is 16.7. The van der Waals surface area contributed by atoms with Crippen molar-refractivity contribution in [1.82, 2.24) is 5.32 Å². The van der Waals surface area contributed by atoms with Crippen molar-refractivity contribution in [3.05, 3.63) is 35.4 Å². The van der Waals surface area contributed by atoms with Gasteiger partial charge >= 0.3 is 0 Å². The third kappa shape index (κ3) is 3.83. The standard InChI is InChI=1S/C17H28N2O/c1-5-17(6-2,12-18)16(20)19-11-14(4)15-9-7-13(3)8-10-15/h7-10,14H,5-6,11-12,18H2,1-4H3,(H,19,20). The van der Waals surface area contributed by atoms with Crippen LogP contribution in [-0.4, -0.2) is 19.0 Å². The van der Waals surface area contributed by atoms with Crippen molar-refractivity contribution in [1.29, 1.82) is 0 Å². The summed E-state index contributed by atoms with van der Waals surface area (Å²) in [5.74, 6) is 0.396. The van der Waals surface area contributed by atoms with Crippen LogP contribution in [0.15, 0.2) is 24.3 Å². The molecule has 0 radical (unpaired) electrons. The highest BCUT2D eigenvalue weighted by Crippen LogP contribution is 2.25. The molecule has 20 heavy (non-hydrogen) atoms. The molecule has 0 aromatic heterocycles. The lowest BCUT2D eigenvalue weighted by Gasteiger charge is -2.29. The molecular weight excluding hydrogens is 248 g/mol. The summed E-state index contributed by atoms with van der Waals surface area (Å²) in [7, 11) is 0. The molecule has 0 heterocycles. The van der Waals surface area contributed by atoms with E-state index >= 15 is 0 Å². The van der Waals surface area contributed by atoms with Gasteiger partial charge in [0.15, 0.2) is 0 Å². The van der Waals surface area contributed by atoms with Crippen molar-refractivity contribution >= 4 is 5.91 Å². The van der Waals surface area contributed by atoms with Crippen LogP contribution in [-0.2, 0) is 4.79 Å². The topological polar surface area (TPSA) is 55.1 Å². The van der Waals surface area contributed by atoms with Crippen LogP contribution in [0.1, 0.15) is 50.7 Å². The fraction of sp³-hybridized carbons (Fsp3) is 0.588. The molecule has 0 aliphatic rings. The first-order valence-corrected chi connectivity index (χ1v) is 7.54. The van der Waals surface area contributed by atoms with Crippen molar-refractivity contribution in [2.45, 2.75) is 46.5 Å². The molecule has 0 saturated heterocycles. The second-order valence-electron chi connectivity index (χ2n) is 5.71. The number of nitrogens with two attached hydrogens (primary N) is 1. The van der Waals surface area contributed by atoms with Gasteiger partial charge in [0.05, 0.1) is 5.41 Å². The highest BCUT2D eigenvalue weighted by Gasteiger charge is 2.33. The minimum atomic E-state index is -0.410. The zero-order valence-electron chi connectivity index (χ0n) is 13.2. The van der Waals surface area contributed by atoms with Gasteiger partial charge in [0.25, 0.3) is 0 Å². The van der Waals surface area contributed by atoms with E-state index in [0.29, 0.717) is 19.0 Å². The molecule has 1 amide bonds. The molecule has 0 spiro atoms. The fourth-order valence-electron chi connectivity index (χ4n) is 2.40. The minimum absolute atomic E-state index is 0.0870. The van der Waals surface area contributed by atoms with E-state index in [-0.39, 0.29) is 5.91 Å². The summed E-state index contributed by atoms with van der Waals surface area (Å²) in [6.45, 7) is 9.33. The van der Waals surface area contributed by atoms with Gasteiger partial charge in [0.2, 0.25) is 5.91 Å². The monoisotopic (exact) mass is 276 g/mol. The Morgan fingerprint density at radius 3 is 2.25 bits per heavy atom. The maximum absolute atomic E-state index is 12.4. The van der Waals surface area contributed by atoms with Crippen LogP contribution in [0.5, 0.6) is 0 Å². The lowest BCUT2D eigenvalue weighted by atomic mass is 9.81. The average molecular weight is 276 g/mol. The Morgan fingerprint density at radius 2 is 1.80 bits per heavy atom. The third-order valence-corrected chi connectivity index (χ3v) is 4.44. The van der Waals surface area contributed by atoms with Crippen molar-refractivity contribution in [3.63, 3.8) is 0 Å². The first-order valence-electron chi connectivity index (χ1n) is 7.54. The van der Waals surface area contributed by atoms with Gasteiger partial charge in [-0.05, 0) is 31.2 Å². The Kier molecular flexibility index (Phi) is 6.21. The third-order valence-electron chi connectivity index (χ3n) is 4.44. The molecule has 0 aliphatic heterocycles. The Bertz CT molecular complexity index is 413. The van der Waals surface area contributed by atoms with E-state index in [1.807, 2.05) is 13.8 Å². The lowest BCUT2D eigenvalue weighted by Crippen LogP contribution is -2.46. The van der Waals surface area contributed by atoms with Crippen LogP contribution in [0.25, 0.3) is 0 Å². The summed E-state index contributed by atoms with van der Waals surface area (Å²) in [6, 6.07) is 8.47. The summed E-state index contributed by atoms with van der Waals surface area (Å²) in [4.78, 5) is 12.4. The average Bonchev–Trinajstić information content (AvgIpc) is 2.48. The Hall–Kier alpha value is -1.35. The number of rotatable bonds is 7. The van der Waals surface area contributed by atoms with Crippen LogP contribution in [0, 0.1) is 12.3 Å². The van der Waals surface area contributed by atoms with E-state index in [0.717, 1.165) is 12.8 Å². The summed E-state index contributed by atoms with van der Waals surface area (Å²) < 4.78 is 0. The molecule has 0 aliphatic carbocycles. The second-order valence-corrected chi connectivity index (χ2v) is 5.71.